The molecule has 0 fully saturated rings. The number of aliphatic carboxylic acids is 1. The van der Waals surface area contributed by atoms with Gasteiger partial charge in [0.2, 0.25) is 0 Å². The van der Waals surface area contributed by atoms with E-state index in [0.29, 0.717) is 17.8 Å². The van der Waals surface area contributed by atoms with Crippen LogP contribution in [0, 0.1) is 23.2 Å². The Morgan fingerprint density at radius 1 is 1.50 bits per heavy atom. The molecule has 0 aliphatic heterocycles. The molecule has 0 spiro atoms. The molecule has 0 saturated heterocycles. The van der Waals surface area contributed by atoms with Gasteiger partial charge in [-0.1, -0.05) is 50.6 Å². The SMILES string of the molecule is C=C(C)[C@@H]1CC=C2C=C(C(C)C)CC[C@@H]2[C@]1(C)CCC(=O)O. The Morgan fingerprint density at radius 2 is 2.18 bits per heavy atom. The number of carbonyl (C=O) groups is 1. The van der Waals surface area contributed by atoms with Gasteiger partial charge in [-0.15, -0.1) is 0 Å². The third-order valence-electron chi connectivity index (χ3n) is 5.87. The smallest absolute Gasteiger partial charge is 0.303 e. The molecule has 1 N–H and O–H groups in total. The third kappa shape index (κ3) is 3.21. The summed E-state index contributed by atoms with van der Waals surface area (Å²) in [5.41, 5.74) is 4.20. The second-order valence-corrected chi connectivity index (χ2v) is 7.70. The lowest BCUT2D eigenvalue weighted by Gasteiger charge is -2.49. The zero-order chi connectivity index (χ0) is 16.5. The molecule has 0 heterocycles. The maximum Gasteiger partial charge on any atom is 0.303 e. The first-order chi connectivity index (χ1) is 10.3. The number of rotatable bonds is 5. The summed E-state index contributed by atoms with van der Waals surface area (Å²) in [5.74, 6) is 0.789. The standard InChI is InChI=1S/C20H30O2/c1-13(2)15-6-9-18-16(12-15)7-8-17(14(3)4)20(18,5)11-10-19(21)22/h7,12-13,17-18H,3,6,8-11H2,1-2,4-5H3,(H,21,22)/t17-,18-,20+/m0/s1. The van der Waals surface area contributed by atoms with E-state index in [2.05, 4.69) is 46.4 Å². The van der Waals surface area contributed by atoms with Crippen molar-refractivity contribution in [2.24, 2.45) is 23.2 Å². The molecule has 2 nitrogen and oxygen atoms in total. The van der Waals surface area contributed by atoms with Crippen LogP contribution in [0.15, 0.2) is 35.5 Å². The van der Waals surface area contributed by atoms with E-state index in [0.717, 1.165) is 25.7 Å². The first kappa shape index (κ1) is 17.1. The van der Waals surface area contributed by atoms with Gasteiger partial charge in [-0.25, -0.2) is 0 Å². The van der Waals surface area contributed by atoms with Crippen molar-refractivity contribution < 1.29 is 9.90 Å². The molecule has 0 aromatic carbocycles. The summed E-state index contributed by atoms with van der Waals surface area (Å²) in [7, 11) is 0. The molecule has 0 bridgehead atoms. The van der Waals surface area contributed by atoms with Gasteiger partial charge in [-0.3, -0.25) is 4.79 Å². The lowest BCUT2D eigenvalue weighted by molar-refractivity contribution is -0.138. The summed E-state index contributed by atoms with van der Waals surface area (Å²) in [5, 5.41) is 9.15. The van der Waals surface area contributed by atoms with Crippen LogP contribution in [0.2, 0.25) is 0 Å². The lowest BCUT2D eigenvalue weighted by Crippen LogP contribution is -2.41. The summed E-state index contributed by atoms with van der Waals surface area (Å²) < 4.78 is 0. The summed E-state index contributed by atoms with van der Waals surface area (Å²) >= 11 is 0. The van der Waals surface area contributed by atoms with Gasteiger partial charge in [-0.2, -0.15) is 0 Å². The normalized spacial score (nSPS) is 31.3. The van der Waals surface area contributed by atoms with Crippen LogP contribution in [0.5, 0.6) is 0 Å². The average molecular weight is 302 g/mol. The van der Waals surface area contributed by atoms with E-state index >= 15 is 0 Å². The van der Waals surface area contributed by atoms with Gasteiger partial charge >= 0.3 is 5.97 Å². The maximum atomic E-state index is 11.1. The largest absolute Gasteiger partial charge is 0.481 e. The second-order valence-electron chi connectivity index (χ2n) is 7.70. The minimum atomic E-state index is -0.688. The Hall–Kier alpha value is -1.31. The number of fused-ring (bicyclic) bond motifs is 1. The first-order valence-corrected chi connectivity index (χ1v) is 8.53. The molecule has 0 aromatic heterocycles. The van der Waals surface area contributed by atoms with Crippen molar-refractivity contribution in [2.45, 2.75) is 59.8 Å². The van der Waals surface area contributed by atoms with Gasteiger partial charge < -0.3 is 5.11 Å². The van der Waals surface area contributed by atoms with Gasteiger partial charge in [0.05, 0.1) is 0 Å². The van der Waals surface area contributed by atoms with Crippen LogP contribution >= 0.6 is 0 Å². The molecule has 122 valence electrons. The van der Waals surface area contributed by atoms with E-state index in [-0.39, 0.29) is 11.8 Å². The zero-order valence-corrected chi connectivity index (χ0v) is 14.5. The average Bonchev–Trinajstić information content (AvgIpc) is 2.44. The van der Waals surface area contributed by atoms with Gasteiger partial charge in [0.15, 0.2) is 0 Å². The van der Waals surface area contributed by atoms with E-state index in [1.165, 1.54) is 16.7 Å². The highest BCUT2D eigenvalue weighted by Crippen LogP contribution is 2.55. The molecule has 3 atom stereocenters. The van der Waals surface area contributed by atoms with Crippen LogP contribution in [-0.4, -0.2) is 11.1 Å². The van der Waals surface area contributed by atoms with Gasteiger partial charge in [0.25, 0.3) is 0 Å². The second kappa shape index (κ2) is 6.44. The third-order valence-corrected chi connectivity index (χ3v) is 5.87. The number of hydrogen-bond donors (Lipinski definition) is 1. The molecule has 22 heavy (non-hydrogen) atoms. The number of hydrogen-bond acceptors (Lipinski definition) is 1. The van der Waals surface area contributed by atoms with Crippen molar-refractivity contribution in [3.05, 3.63) is 35.5 Å². The quantitative estimate of drug-likeness (QED) is 0.693. The van der Waals surface area contributed by atoms with E-state index in [1.807, 2.05) is 0 Å². The summed E-state index contributed by atoms with van der Waals surface area (Å²) in [6, 6.07) is 0. The van der Waals surface area contributed by atoms with Crippen LogP contribution in [0.4, 0.5) is 0 Å². The molecular weight excluding hydrogens is 272 g/mol. The minimum absolute atomic E-state index is 0.0211. The van der Waals surface area contributed by atoms with Crippen LogP contribution in [0.1, 0.15) is 59.8 Å². The Bertz CT molecular complexity index is 524. The molecule has 2 rings (SSSR count). The van der Waals surface area contributed by atoms with Crippen molar-refractivity contribution in [1.29, 1.82) is 0 Å². The molecule has 0 unspecified atom stereocenters. The molecule has 0 aromatic rings. The highest BCUT2D eigenvalue weighted by atomic mass is 16.4. The number of carboxylic acid groups (broad SMARTS) is 1. The Balaban J connectivity index is 2.35. The number of allylic oxidation sites excluding steroid dienone is 5. The molecule has 2 aliphatic rings. The Kier molecular flexibility index (Phi) is 4.99. The minimum Gasteiger partial charge on any atom is -0.481 e. The lowest BCUT2D eigenvalue weighted by atomic mass is 9.55. The van der Waals surface area contributed by atoms with Crippen molar-refractivity contribution in [2.75, 3.05) is 0 Å². The van der Waals surface area contributed by atoms with Crippen LogP contribution in [0.25, 0.3) is 0 Å². The summed E-state index contributed by atoms with van der Waals surface area (Å²) in [6.07, 6.45) is 9.07. The molecular formula is C20H30O2. The van der Waals surface area contributed by atoms with Gasteiger partial charge in [0, 0.05) is 6.42 Å². The maximum absolute atomic E-state index is 11.1. The molecule has 2 heteroatoms. The van der Waals surface area contributed by atoms with Crippen molar-refractivity contribution in [3.63, 3.8) is 0 Å². The van der Waals surface area contributed by atoms with Crippen LogP contribution in [-0.2, 0) is 4.79 Å². The fourth-order valence-electron chi connectivity index (χ4n) is 4.49. The molecule has 0 radical (unpaired) electrons. The molecule has 0 amide bonds. The fourth-order valence-corrected chi connectivity index (χ4v) is 4.49. The van der Waals surface area contributed by atoms with E-state index in [4.69, 9.17) is 5.11 Å². The topological polar surface area (TPSA) is 37.3 Å². The van der Waals surface area contributed by atoms with Crippen molar-refractivity contribution >= 4 is 5.97 Å². The summed E-state index contributed by atoms with van der Waals surface area (Å²) in [4.78, 5) is 11.1. The number of carboxylic acids is 1. The van der Waals surface area contributed by atoms with E-state index < -0.39 is 5.97 Å². The van der Waals surface area contributed by atoms with E-state index in [1.54, 1.807) is 0 Å². The molecule has 0 saturated carbocycles. The predicted octanol–water partition coefficient (Wildman–Crippen LogP) is 5.37. The Labute approximate surface area is 135 Å². The van der Waals surface area contributed by atoms with Crippen molar-refractivity contribution in [1.82, 2.24) is 0 Å². The first-order valence-electron chi connectivity index (χ1n) is 8.53. The monoisotopic (exact) mass is 302 g/mol. The van der Waals surface area contributed by atoms with Gasteiger partial charge in [-0.05, 0) is 61.3 Å². The zero-order valence-electron chi connectivity index (χ0n) is 14.5. The Morgan fingerprint density at radius 3 is 2.73 bits per heavy atom. The van der Waals surface area contributed by atoms with E-state index in [9.17, 15) is 4.79 Å². The van der Waals surface area contributed by atoms with Crippen molar-refractivity contribution in [3.8, 4) is 0 Å². The predicted molar refractivity (Wildman–Crippen MR) is 91.6 cm³/mol. The van der Waals surface area contributed by atoms with Crippen LogP contribution in [0.3, 0.4) is 0 Å². The highest BCUT2D eigenvalue weighted by molar-refractivity contribution is 5.66. The molecule has 2 aliphatic carbocycles. The highest BCUT2D eigenvalue weighted by Gasteiger charge is 2.45. The fraction of sp³-hybridized carbons (Fsp3) is 0.650. The van der Waals surface area contributed by atoms with Crippen LogP contribution < -0.4 is 0 Å². The summed E-state index contributed by atoms with van der Waals surface area (Å²) in [6.45, 7) is 13.1. The van der Waals surface area contributed by atoms with Gasteiger partial charge in [0.1, 0.15) is 0 Å².